The van der Waals surface area contributed by atoms with Crippen LogP contribution in [0.15, 0.2) is 70.3 Å². The van der Waals surface area contributed by atoms with Crippen molar-refractivity contribution in [2.45, 2.75) is 30.9 Å². The van der Waals surface area contributed by atoms with Crippen LogP contribution in [0.25, 0.3) is 5.69 Å². The summed E-state index contributed by atoms with van der Waals surface area (Å²) in [4.78, 5) is 11.2. The van der Waals surface area contributed by atoms with Gasteiger partial charge >= 0.3 is 0 Å². The molecule has 0 spiro atoms. The molecule has 0 saturated heterocycles. The number of rotatable bonds is 9. The molecule has 0 aliphatic rings. The van der Waals surface area contributed by atoms with Crippen LogP contribution in [0.5, 0.6) is 5.75 Å². The van der Waals surface area contributed by atoms with Crippen LogP contribution in [-0.2, 0) is 6.61 Å². The van der Waals surface area contributed by atoms with E-state index in [4.69, 9.17) is 27.9 Å². The summed E-state index contributed by atoms with van der Waals surface area (Å²) in [6.07, 6.45) is 0. The summed E-state index contributed by atoms with van der Waals surface area (Å²) < 4.78 is 8.50. The lowest BCUT2D eigenvalue weighted by Gasteiger charge is -2.16. The third-order valence-electron chi connectivity index (χ3n) is 5.38. The van der Waals surface area contributed by atoms with Gasteiger partial charge in [0.25, 0.3) is 0 Å². The van der Waals surface area contributed by atoms with Gasteiger partial charge in [-0.1, -0.05) is 64.8 Å². The second-order valence-corrected chi connectivity index (χ2v) is 10.9. The van der Waals surface area contributed by atoms with Gasteiger partial charge in [-0.05, 0) is 71.7 Å². The molecule has 4 aromatic rings. The maximum atomic E-state index is 11.5. The summed E-state index contributed by atoms with van der Waals surface area (Å²) in [5.41, 5.74) is 3.59. The third-order valence-corrected chi connectivity index (χ3v) is 7.76. The largest absolute Gasteiger partial charge is 0.488 e. The second-order valence-electron chi connectivity index (χ2n) is 8.04. The van der Waals surface area contributed by atoms with Crippen molar-refractivity contribution in [3.63, 3.8) is 0 Å². The molecule has 0 radical (unpaired) electrons. The van der Waals surface area contributed by atoms with E-state index in [9.17, 15) is 10.1 Å². The van der Waals surface area contributed by atoms with Crippen LogP contribution >= 0.6 is 50.9 Å². The minimum absolute atomic E-state index is 0.250. The lowest BCUT2D eigenvalue weighted by molar-refractivity contribution is -0.479. The average molecular weight is 608 g/mol. The summed E-state index contributed by atoms with van der Waals surface area (Å²) >= 11 is 17.0. The number of ether oxygens (including phenoxy) is 1. The van der Waals surface area contributed by atoms with Crippen LogP contribution < -0.4 is 4.74 Å². The van der Waals surface area contributed by atoms with E-state index in [1.165, 1.54) is 11.8 Å². The molecule has 0 fully saturated rings. The molecule has 1 aromatic heterocycles. The van der Waals surface area contributed by atoms with Gasteiger partial charge in [-0.25, -0.2) is 0 Å². The molecule has 0 aliphatic heterocycles. The predicted molar refractivity (Wildman–Crippen MR) is 146 cm³/mol. The van der Waals surface area contributed by atoms with Gasteiger partial charge in [-0.15, -0.1) is 10.2 Å². The maximum Gasteiger partial charge on any atom is 0.220 e. The van der Waals surface area contributed by atoms with Crippen molar-refractivity contribution in [2.75, 3.05) is 6.54 Å². The zero-order chi connectivity index (χ0) is 25.8. The Balaban J connectivity index is 1.57. The van der Waals surface area contributed by atoms with Gasteiger partial charge in [0.05, 0.1) is 4.47 Å². The fourth-order valence-electron chi connectivity index (χ4n) is 3.51. The van der Waals surface area contributed by atoms with Crippen molar-refractivity contribution in [1.82, 2.24) is 14.8 Å². The van der Waals surface area contributed by atoms with Crippen LogP contribution in [-0.4, -0.2) is 26.2 Å². The highest BCUT2D eigenvalue weighted by Crippen LogP contribution is 2.39. The summed E-state index contributed by atoms with van der Waals surface area (Å²) in [6, 6.07) is 18.6. The van der Waals surface area contributed by atoms with Gasteiger partial charge in [-0.3, -0.25) is 14.7 Å². The van der Waals surface area contributed by atoms with E-state index < -0.39 is 5.25 Å². The molecule has 36 heavy (non-hydrogen) atoms. The Kier molecular flexibility index (Phi) is 8.56. The quantitative estimate of drug-likeness (QED) is 0.110. The monoisotopic (exact) mass is 606 g/mol. The van der Waals surface area contributed by atoms with Crippen molar-refractivity contribution in [3.05, 3.63) is 108 Å². The molecule has 1 atom stereocenters. The highest BCUT2D eigenvalue weighted by molar-refractivity contribution is 9.10. The van der Waals surface area contributed by atoms with Crippen molar-refractivity contribution in [1.29, 1.82) is 0 Å². The molecule has 3 aromatic carbocycles. The van der Waals surface area contributed by atoms with Crippen molar-refractivity contribution in [3.8, 4) is 11.4 Å². The first-order valence-corrected chi connectivity index (χ1v) is 13.3. The Morgan fingerprint density at radius 3 is 2.50 bits per heavy atom. The minimum atomic E-state index is -0.496. The smallest absolute Gasteiger partial charge is 0.220 e. The first-order valence-electron chi connectivity index (χ1n) is 10.8. The Morgan fingerprint density at radius 1 is 1.08 bits per heavy atom. The van der Waals surface area contributed by atoms with Crippen molar-refractivity contribution < 1.29 is 9.66 Å². The molecule has 11 heteroatoms. The zero-order valence-electron chi connectivity index (χ0n) is 19.3. The number of nitro groups is 1. The average Bonchev–Trinajstić information content (AvgIpc) is 3.19. The number of aromatic nitrogens is 3. The van der Waals surface area contributed by atoms with Crippen LogP contribution in [0, 0.1) is 24.0 Å². The number of nitrogens with zero attached hydrogens (tertiary/aromatic N) is 4. The van der Waals surface area contributed by atoms with Crippen molar-refractivity contribution in [2.24, 2.45) is 0 Å². The van der Waals surface area contributed by atoms with Gasteiger partial charge in [0.1, 0.15) is 23.4 Å². The fraction of sp³-hybridized carbons (Fsp3) is 0.200. The van der Waals surface area contributed by atoms with Crippen LogP contribution in [0.4, 0.5) is 0 Å². The fourth-order valence-corrected chi connectivity index (χ4v) is 5.65. The molecule has 0 saturated carbocycles. The molecule has 1 heterocycles. The normalized spacial score (nSPS) is 11.9. The van der Waals surface area contributed by atoms with Crippen LogP contribution in [0.1, 0.15) is 27.8 Å². The predicted octanol–water partition coefficient (Wildman–Crippen LogP) is 7.64. The second kappa shape index (κ2) is 11.6. The first-order chi connectivity index (χ1) is 17.2. The van der Waals surface area contributed by atoms with Crippen molar-refractivity contribution >= 4 is 50.9 Å². The number of thioether (sulfide) groups is 1. The lowest BCUT2D eigenvalue weighted by Crippen LogP contribution is -2.11. The van der Waals surface area contributed by atoms with E-state index >= 15 is 0 Å². The molecule has 0 unspecified atom stereocenters. The SMILES string of the molecule is Cc1ccc(-n2c(C)nnc2S[C@@H](C[N+](=O)[O-])c2ccc(OCc3ccc(Cl)cc3Cl)c(Br)c2)cc1. The molecule has 4 rings (SSSR count). The van der Waals surface area contributed by atoms with Crippen LogP contribution in [0.3, 0.4) is 0 Å². The molecule has 0 aliphatic carbocycles. The Morgan fingerprint density at radius 2 is 1.83 bits per heavy atom. The molecule has 7 nitrogen and oxygen atoms in total. The van der Waals surface area contributed by atoms with E-state index in [2.05, 4.69) is 26.1 Å². The number of benzene rings is 3. The van der Waals surface area contributed by atoms with Gasteiger partial charge in [0.15, 0.2) is 5.16 Å². The van der Waals surface area contributed by atoms with E-state index in [-0.39, 0.29) is 18.1 Å². The summed E-state index contributed by atoms with van der Waals surface area (Å²) in [5.74, 6) is 1.29. The first kappa shape index (κ1) is 26.5. The van der Waals surface area contributed by atoms with Gasteiger partial charge in [0.2, 0.25) is 6.54 Å². The Bertz CT molecular complexity index is 1400. The number of aryl methyl sites for hydroxylation is 2. The van der Waals surface area contributed by atoms with Gasteiger partial charge in [0, 0.05) is 26.2 Å². The van der Waals surface area contributed by atoms with E-state index in [1.807, 2.05) is 60.9 Å². The zero-order valence-corrected chi connectivity index (χ0v) is 23.2. The summed E-state index contributed by atoms with van der Waals surface area (Å²) in [7, 11) is 0. The molecule has 0 amide bonds. The minimum Gasteiger partial charge on any atom is -0.488 e. The lowest BCUT2D eigenvalue weighted by atomic mass is 10.1. The van der Waals surface area contributed by atoms with E-state index in [0.29, 0.717) is 31.2 Å². The Labute approximate surface area is 231 Å². The number of hydrogen-bond acceptors (Lipinski definition) is 6. The van der Waals surface area contributed by atoms with Gasteiger partial charge < -0.3 is 4.74 Å². The van der Waals surface area contributed by atoms with Crippen LogP contribution in [0.2, 0.25) is 10.0 Å². The van der Waals surface area contributed by atoms with E-state index in [0.717, 1.165) is 22.4 Å². The third kappa shape index (κ3) is 6.39. The standard InChI is InChI=1S/C25H21BrCl2N4O3S/c1-15-3-8-20(9-4-15)32-16(2)29-30-25(32)36-24(13-31(33)34)17-6-10-23(21(26)11-17)35-14-18-5-7-19(27)12-22(18)28/h3-12,24H,13-14H2,1-2H3/t24-/m0/s1. The molecular weight excluding hydrogens is 587 g/mol. The number of hydrogen-bond donors (Lipinski definition) is 0. The van der Waals surface area contributed by atoms with E-state index in [1.54, 1.807) is 18.2 Å². The number of halogens is 3. The highest BCUT2D eigenvalue weighted by atomic mass is 79.9. The van der Waals surface area contributed by atoms with Gasteiger partial charge in [-0.2, -0.15) is 0 Å². The summed E-state index contributed by atoms with van der Waals surface area (Å²) in [5, 5.41) is 21.2. The molecule has 0 N–H and O–H groups in total. The topological polar surface area (TPSA) is 83.1 Å². The maximum absolute atomic E-state index is 11.5. The molecular formula is C25H21BrCl2N4O3S. The summed E-state index contributed by atoms with van der Waals surface area (Å²) in [6.45, 7) is 3.84. The molecule has 0 bridgehead atoms. The highest BCUT2D eigenvalue weighted by Gasteiger charge is 2.24. The molecule has 186 valence electrons. The Hall–Kier alpha value is -2.59.